The van der Waals surface area contributed by atoms with Crippen molar-refractivity contribution in [1.29, 1.82) is 0 Å². The molecule has 0 unspecified atom stereocenters. The first-order chi connectivity index (χ1) is 12.9. The Balaban J connectivity index is 1.70. The first kappa shape index (κ1) is 17.6. The molecule has 140 valence electrons. The lowest BCUT2D eigenvalue weighted by atomic mass is 10.1. The molecule has 3 aromatic rings. The van der Waals surface area contributed by atoms with E-state index in [0.29, 0.717) is 23.3 Å². The summed E-state index contributed by atoms with van der Waals surface area (Å²) in [7, 11) is 1.74. The minimum atomic E-state index is -0.0630. The first-order valence-corrected chi connectivity index (χ1v) is 9.08. The van der Waals surface area contributed by atoms with Gasteiger partial charge in [0, 0.05) is 32.0 Å². The Hall–Kier alpha value is -2.80. The lowest BCUT2D eigenvalue weighted by Gasteiger charge is -2.37. The van der Waals surface area contributed by atoms with Gasteiger partial charge < -0.3 is 9.64 Å². The molecule has 7 nitrogen and oxygen atoms in total. The lowest BCUT2D eigenvalue weighted by Crippen LogP contribution is -2.43. The van der Waals surface area contributed by atoms with Crippen LogP contribution in [0.2, 0.25) is 0 Å². The van der Waals surface area contributed by atoms with Crippen molar-refractivity contribution in [3.63, 3.8) is 0 Å². The summed E-state index contributed by atoms with van der Waals surface area (Å²) >= 11 is 0. The highest BCUT2D eigenvalue weighted by Crippen LogP contribution is 2.28. The summed E-state index contributed by atoms with van der Waals surface area (Å²) in [4.78, 5) is 28.1. The van der Waals surface area contributed by atoms with E-state index in [4.69, 9.17) is 4.74 Å². The standard InChI is InChI=1S/C20H23N5O2/c1-12-7-15(5-6-21-12)18-11-25(10-13(2)27-18)19-8-16-17(9-22-19)23-14(3)24(4)20(16)26/h5-9,13,18H,10-11H2,1-4H3/t13-,18-/m1/s1. The maximum absolute atomic E-state index is 12.6. The predicted octanol–water partition coefficient (Wildman–Crippen LogP) is 2.31. The number of nitrogens with zero attached hydrogens (tertiary/aromatic N) is 5. The number of anilines is 1. The second-order valence-electron chi connectivity index (χ2n) is 7.15. The molecule has 4 heterocycles. The maximum Gasteiger partial charge on any atom is 0.261 e. The van der Waals surface area contributed by atoms with Crippen LogP contribution in [0.1, 0.15) is 30.1 Å². The molecule has 0 saturated carbocycles. The van der Waals surface area contributed by atoms with Crippen LogP contribution in [0.3, 0.4) is 0 Å². The number of hydrogen-bond acceptors (Lipinski definition) is 6. The highest BCUT2D eigenvalue weighted by molar-refractivity contribution is 5.79. The Kier molecular flexibility index (Phi) is 4.39. The SMILES string of the molecule is Cc1cc([C@H]2CN(c3cc4c(=O)n(C)c(C)nc4cn3)C[C@@H](C)O2)ccn1. The third kappa shape index (κ3) is 3.30. The van der Waals surface area contributed by atoms with Crippen molar-refractivity contribution in [2.45, 2.75) is 33.0 Å². The topological polar surface area (TPSA) is 73.1 Å². The number of ether oxygens (including phenoxy) is 1. The maximum atomic E-state index is 12.6. The number of rotatable bonds is 2. The zero-order chi connectivity index (χ0) is 19.1. The number of hydrogen-bond donors (Lipinski definition) is 0. The van der Waals surface area contributed by atoms with Crippen LogP contribution in [0, 0.1) is 13.8 Å². The second-order valence-corrected chi connectivity index (χ2v) is 7.15. The van der Waals surface area contributed by atoms with E-state index in [1.165, 1.54) is 0 Å². The largest absolute Gasteiger partial charge is 0.367 e. The van der Waals surface area contributed by atoms with Crippen LogP contribution in [0.5, 0.6) is 0 Å². The van der Waals surface area contributed by atoms with Crippen molar-refractivity contribution in [2.75, 3.05) is 18.0 Å². The normalized spacial score (nSPS) is 20.2. The number of pyridine rings is 2. The molecular weight excluding hydrogens is 342 g/mol. The van der Waals surface area contributed by atoms with Crippen LogP contribution in [-0.4, -0.2) is 38.7 Å². The lowest BCUT2D eigenvalue weighted by molar-refractivity contribution is -0.0176. The third-order valence-electron chi connectivity index (χ3n) is 5.05. The summed E-state index contributed by atoms with van der Waals surface area (Å²) in [5.41, 5.74) is 2.65. The summed E-state index contributed by atoms with van der Waals surface area (Å²) in [6, 6.07) is 5.89. The van der Waals surface area contributed by atoms with Gasteiger partial charge >= 0.3 is 0 Å². The predicted molar refractivity (Wildman–Crippen MR) is 104 cm³/mol. The molecule has 1 saturated heterocycles. The van der Waals surface area contributed by atoms with E-state index in [-0.39, 0.29) is 17.8 Å². The van der Waals surface area contributed by atoms with Gasteiger partial charge in [0.15, 0.2) is 0 Å². The van der Waals surface area contributed by atoms with E-state index >= 15 is 0 Å². The van der Waals surface area contributed by atoms with Crippen LogP contribution in [0.25, 0.3) is 10.9 Å². The summed E-state index contributed by atoms with van der Waals surface area (Å²) in [5, 5.41) is 0.587. The number of aryl methyl sites for hydroxylation is 2. The minimum absolute atomic E-state index is 0.0497. The highest BCUT2D eigenvalue weighted by Gasteiger charge is 2.27. The molecule has 2 atom stereocenters. The smallest absolute Gasteiger partial charge is 0.261 e. The first-order valence-electron chi connectivity index (χ1n) is 9.08. The number of fused-ring (bicyclic) bond motifs is 1. The molecule has 0 spiro atoms. The summed E-state index contributed by atoms with van der Waals surface area (Å²) in [6.07, 6.45) is 3.48. The molecule has 27 heavy (non-hydrogen) atoms. The second kappa shape index (κ2) is 6.74. The van der Waals surface area contributed by atoms with Crippen LogP contribution >= 0.6 is 0 Å². The molecule has 3 aromatic heterocycles. The molecule has 0 bridgehead atoms. The molecule has 7 heteroatoms. The highest BCUT2D eigenvalue weighted by atomic mass is 16.5. The van der Waals surface area contributed by atoms with Gasteiger partial charge in [-0.1, -0.05) is 0 Å². The summed E-state index contributed by atoms with van der Waals surface area (Å²) in [6.45, 7) is 7.24. The molecule has 1 fully saturated rings. The van der Waals surface area contributed by atoms with Crippen molar-refractivity contribution < 1.29 is 4.74 Å². The van der Waals surface area contributed by atoms with Crippen molar-refractivity contribution in [3.05, 3.63) is 58.0 Å². The van der Waals surface area contributed by atoms with E-state index in [2.05, 4.69) is 32.8 Å². The van der Waals surface area contributed by atoms with Crippen LogP contribution in [0.4, 0.5) is 5.82 Å². The Morgan fingerprint density at radius 2 is 2.00 bits per heavy atom. The quantitative estimate of drug-likeness (QED) is 0.694. The zero-order valence-electron chi connectivity index (χ0n) is 16.0. The van der Waals surface area contributed by atoms with Gasteiger partial charge in [0.2, 0.25) is 0 Å². The van der Waals surface area contributed by atoms with Gasteiger partial charge in [-0.3, -0.25) is 14.3 Å². The van der Waals surface area contributed by atoms with Crippen LogP contribution in [-0.2, 0) is 11.8 Å². The molecule has 1 aliphatic heterocycles. The van der Waals surface area contributed by atoms with E-state index in [0.717, 1.165) is 23.6 Å². The monoisotopic (exact) mass is 365 g/mol. The van der Waals surface area contributed by atoms with E-state index in [1.807, 2.05) is 32.2 Å². The van der Waals surface area contributed by atoms with Crippen molar-refractivity contribution in [3.8, 4) is 0 Å². The van der Waals surface area contributed by atoms with Gasteiger partial charge in [-0.2, -0.15) is 0 Å². The van der Waals surface area contributed by atoms with Gasteiger partial charge in [-0.05, 0) is 44.5 Å². The average molecular weight is 365 g/mol. The van der Waals surface area contributed by atoms with Gasteiger partial charge in [0.1, 0.15) is 17.7 Å². The molecule has 0 radical (unpaired) electrons. The molecule has 0 amide bonds. The number of morpholine rings is 1. The van der Waals surface area contributed by atoms with Gasteiger partial charge in [0.25, 0.3) is 5.56 Å². The fourth-order valence-corrected chi connectivity index (χ4v) is 3.54. The minimum Gasteiger partial charge on any atom is -0.367 e. The average Bonchev–Trinajstić information content (AvgIpc) is 2.65. The van der Waals surface area contributed by atoms with E-state index in [1.54, 1.807) is 17.8 Å². The Morgan fingerprint density at radius 1 is 1.19 bits per heavy atom. The Labute approximate surface area is 157 Å². The van der Waals surface area contributed by atoms with Crippen LogP contribution < -0.4 is 10.5 Å². The van der Waals surface area contributed by atoms with Crippen molar-refractivity contribution in [1.82, 2.24) is 19.5 Å². The summed E-state index contributed by atoms with van der Waals surface area (Å²) < 4.78 is 7.72. The van der Waals surface area contributed by atoms with Gasteiger partial charge in [-0.15, -0.1) is 0 Å². The Bertz CT molecular complexity index is 1060. The molecular formula is C20H23N5O2. The molecule has 0 aromatic carbocycles. The number of aromatic nitrogens is 4. The fraction of sp³-hybridized carbons (Fsp3) is 0.400. The zero-order valence-corrected chi connectivity index (χ0v) is 16.0. The summed E-state index contributed by atoms with van der Waals surface area (Å²) in [5.74, 6) is 1.45. The molecule has 4 rings (SSSR count). The van der Waals surface area contributed by atoms with Crippen molar-refractivity contribution in [2.24, 2.45) is 7.05 Å². The van der Waals surface area contributed by atoms with E-state index < -0.39 is 0 Å². The molecule has 0 N–H and O–H groups in total. The van der Waals surface area contributed by atoms with Crippen molar-refractivity contribution >= 4 is 16.7 Å². The molecule has 0 aliphatic carbocycles. The van der Waals surface area contributed by atoms with Crippen LogP contribution in [0.15, 0.2) is 35.4 Å². The fourth-order valence-electron chi connectivity index (χ4n) is 3.54. The van der Waals surface area contributed by atoms with Gasteiger partial charge in [0.05, 0.1) is 23.2 Å². The third-order valence-corrected chi connectivity index (χ3v) is 5.05. The molecule has 1 aliphatic rings. The van der Waals surface area contributed by atoms with Gasteiger partial charge in [-0.25, -0.2) is 9.97 Å². The Morgan fingerprint density at radius 3 is 2.78 bits per heavy atom. The van der Waals surface area contributed by atoms with E-state index in [9.17, 15) is 4.79 Å².